The van der Waals surface area contributed by atoms with E-state index in [-0.39, 0.29) is 11.8 Å². The molecule has 0 spiro atoms. The molecule has 4 nitrogen and oxygen atoms in total. The van der Waals surface area contributed by atoms with E-state index >= 15 is 0 Å². The van der Waals surface area contributed by atoms with Crippen molar-refractivity contribution in [3.63, 3.8) is 0 Å². The highest BCUT2D eigenvalue weighted by molar-refractivity contribution is 9.10. The van der Waals surface area contributed by atoms with E-state index in [2.05, 4.69) is 27.3 Å². The van der Waals surface area contributed by atoms with Crippen molar-refractivity contribution in [1.29, 1.82) is 5.26 Å². The third-order valence-corrected chi connectivity index (χ3v) is 3.23. The van der Waals surface area contributed by atoms with Gasteiger partial charge in [0, 0.05) is 25.1 Å². The van der Waals surface area contributed by atoms with Crippen molar-refractivity contribution in [3.05, 3.63) is 28.2 Å². The number of hydrogen-bond donors (Lipinski definition) is 1. The molecule has 96 valence electrons. The highest BCUT2D eigenvalue weighted by atomic mass is 79.9. The van der Waals surface area contributed by atoms with Gasteiger partial charge in [-0.2, -0.15) is 5.26 Å². The first-order chi connectivity index (χ1) is 8.49. The van der Waals surface area contributed by atoms with Gasteiger partial charge in [-0.1, -0.05) is 22.9 Å². The monoisotopic (exact) mass is 309 g/mol. The molecule has 1 unspecified atom stereocenters. The van der Waals surface area contributed by atoms with Gasteiger partial charge >= 0.3 is 0 Å². The van der Waals surface area contributed by atoms with Gasteiger partial charge in [0.1, 0.15) is 6.07 Å². The Hall–Kier alpha value is -1.54. The topological polar surface area (TPSA) is 56.1 Å². The molecule has 0 aliphatic heterocycles. The van der Waals surface area contributed by atoms with Crippen molar-refractivity contribution in [1.82, 2.24) is 5.32 Å². The first-order valence-electron chi connectivity index (χ1n) is 5.62. The predicted octanol–water partition coefficient (Wildman–Crippen LogP) is 2.14. The van der Waals surface area contributed by atoms with Crippen LogP contribution in [0.25, 0.3) is 0 Å². The minimum Gasteiger partial charge on any atom is -0.373 e. The van der Waals surface area contributed by atoms with E-state index in [1.54, 1.807) is 13.1 Å². The normalized spacial score (nSPS) is 11.5. The SMILES string of the molecule is CNC(=O)C(C)CN(C)c1cc(Br)ccc1C#N. The fourth-order valence-corrected chi connectivity index (χ4v) is 2.10. The maximum atomic E-state index is 11.5. The number of halogens is 1. The summed E-state index contributed by atoms with van der Waals surface area (Å²) in [5.74, 6) is -0.138. The number of nitrogens with one attached hydrogen (secondary N) is 1. The van der Waals surface area contributed by atoms with Gasteiger partial charge in [-0.3, -0.25) is 4.79 Å². The molecule has 18 heavy (non-hydrogen) atoms. The lowest BCUT2D eigenvalue weighted by atomic mass is 10.1. The van der Waals surface area contributed by atoms with Crippen LogP contribution in [0.15, 0.2) is 22.7 Å². The lowest BCUT2D eigenvalue weighted by Gasteiger charge is -2.23. The minimum absolute atomic E-state index is 0.00430. The Morgan fingerprint density at radius 3 is 2.83 bits per heavy atom. The number of hydrogen-bond acceptors (Lipinski definition) is 3. The average molecular weight is 310 g/mol. The molecule has 1 rings (SSSR count). The maximum absolute atomic E-state index is 11.5. The third kappa shape index (κ3) is 3.47. The number of amides is 1. The molecule has 0 fully saturated rings. The van der Waals surface area contributed by atoms with Gasteiger partial charge in [0.25, 0.3) is 0 Å². The van der Waals surface area contributed by atoms with Gasteiger partial charge in [-0.05, 0) is 18.2 Å². The Bertz CT molecular complexity index is 482. The predicted molar refractivity (Wildman–Crippen MR) is 75.4 cm³/mol. The molecule has 1 amide bonds. The highest BCUT2D eigenvalue weighted by Gasteiger charge is 2.16. The van der Waals surface area contributed by atoms with E-state index in [0.717, 1.165) is 10.2 Å². The standard InChI is InChI=1S/C13H16BrN3O/c1-9(13(18)16-2)8-17(3)12-6-11(14)5-4-10(12)7-15/h4-6,9H,8H2,1-3H3,(H,16,18). The Morgan fingerprint density at radius 1 is 1.61 bits per heavy atom. The first kappa shape index (κ1) is 14.5. The lowest BCUT2D eigenvalue weighted by Crippen LogP contribution is -2.34. The zero-order valence-electron chi connectivity index (χ0n) is 10.7. The average Bonchev–Trinajstić information content (AvgIpc) is 2.37. The fourth-order valence-electron chi connectivity index (χ4n) is 1.75. The van der Waals surface area contributed by atoms with E-state index in [0.29, 0.717) is 12.1 Å². The van der Waals surface area contributed by atoms with Crippen LogP contribution in [0, 0.1) is 17.2 Å². The molecule has 1 N–H and O–H groups in total. The van der Waals surface area contributed by atoms with Crippen molar-refractivity contribution in [2.24, 2.45) is 5.92 Å². The second-order valence-electron chi connectivity index (χ2n) is 4.17. The maximum Gasteiger partial charge on any atom is 0.224 e. The van der Waals surface area contributed by atoms with Crippen LogP contribution < -0.4 is 10.2 Å². The molecule has 5 heteroatoms. The van der Waals surface area contributed by atoms with Crippen LogP contribution in [0.1, 0.15) is 12.5 Å². The Morgan fingerprint density at radius 2 is 2.28 bits per heavy atom. The fraction of sp³-hybridized carbons (Fsp3) is 0.385. The third-order valence-electron chi connectivity index (χ3n) is 2.73. The van der Waals surface area contributed by atoms with Crippen molar-refractivity contribution >= 4 is 27.5 Å². The molecule has 0 aromatic heterocycles. The summed E-state index contributed by atoms with van der Waals surface area (Å²) in [5, 5.41) is 11.7. The Labute approximate surface area is 116 Å². The molecule has 0 saturated carbocycles. The number of anilines is 1. The summed E-state index contributed by atoms with van der Waals surface area (Å²) in [6.07, 6.45) is 0. The van der Waals surface area contributed by atoms with Gasteiger partial charge < -0.3 is 10.2 Å². The number of nitriles is 1. The summed E-state index contributed by atoms with van der Waals surface area (Å²) >= 11 is 3.39. The molecule has 1 aromatic rings. The van der Waals surface area contributed by atoms with E-state index < -0.39 is 0 Å². The van der Waals surface area contributed by atoms with Crippen LogP contribution in [0.3, 0.4) is 0 Å². The van der Waals surface area contributed by atoms with Gasteiger partial charge in [0.2, 0.25) is 5.91 Å². The van der Waals surface area contributed by atoms with Gasteiger partial charge in [0.15, 0.2) is 0 Å². The number of carbonyl (C=O) groups is 1. The molecule has 0 heterocycles. The second-order valence-corrected chi connectivity index (χ2v) is 5.08. The van der Waals surface area contributed by atoms with E-state index in [1.165, 1.54) is 0 Å². The van der Waals surface area contributed by atoms with Gasteiger partial charge in [0.05, 0.1) is 17.2 Å². The quantitative estimate of drug-likeness (QED) is 0.927. The summed E-state index contributed by atoms with van der Waals surface area (Å²) in [5.41, 5.74) is 1.42. The molecule has 0 radical (unpaired) electrons. The van der Waals surface area contributed by atoms with Crippen LogP contribution in [0.4, 0.5) is 5.69 Å². The summed E-state index contributed by atoms with van der Waals surface area (Å²) in [6, 6.07) is 7.64. The molecule has 0 bridgehead atoms. The Kier molecular flexibility index (Phi) is 5.17. The molecule has 1 atom stereocenters. The minimum atomic E-state index is -0.134. The number of carbonyl (C=O) groups excluding carboxylic acids is 1. The highest BCUT2D eigenvalue weighted by Crippen LogP contribution is 2.24. The van der Waals surface area contributed by atoms with Crippen LogP contribution in [-0.2, 0) is 4.79 Å². The second kappa shape index (κ2) is 6.41. The smallest absolute Gasteiger partial charge is 0.224 e. The van der Waals surface area contributed by atoms with Crippen LogP contribution in [0.5, 0.6) is 0 Å². The van der Waals surface area contributed by atoms with Gasteiger partial charge in [-0.15, -0.1) is 0 Å². The molecule has 0 saturated heterocycles. The van der Waals surface area contributed by atoms with Crippen molar-refractivity contribution in [2.45, 2.75) is 6.92 Å². The lowest BCUT2D eigenvalue weighted by molar-refractivity contribution is -0.123. The zero-order valence-corrected chi connectivity index (χ0v) is 12.3. The van der Waals surface area contributed by atoms with Crippen LogP contribution >= 0.6 is 15.9 Å². The van der Waals surface area contributed by atoms with Crippen molar-refractivity contribution < 1.29 is 4.79 Å². The molecule has 1 aromatic carbocycles. The summed E-state index contributed by atoms with van der Waals surface area (Å²) in [6.45, 7) is 2.42. The van der Waals surface area contributed by atoms with Crippen molar-refractivity contribution in [2.75, 3.05) is 25.5 Å². The van der Waals surface area contributed by atoms with Gasteiger partial charge in [-0.25, -0.2) is 0 Å². The first-order valence-corrected chi connectivity index (χ1v) is 6.41. The van der Waals surface area contributed by atoms with Crippen molar-refractivity contribution in [3.8, 4) is 6.07 Å². The molecule has 0 aliphatic rings. The number of benzene rings is 1. The van der Waals surface area contributed by atoms with E-state index in [4.69, 9.17) is 5.26 Å². The largest absolute Gasteiger partial charge is 0.373 e. The Balaban J connectivity index is 2.90. The van der Waals surface area contributed by atoms with E-state index in [1.807, 2.05) is 31.0 Å². The molecule has 0 aliphatic carbocycles. The summed E-state index contributed by atoms with van der Waals surface area (Å²) < 4.78 is 0.913. The summed E-state index contributed by atoms with van der Waals surface area (Å²) in [7, 11) is 3.50. The number of rotatable bonds is 4. The van der Waals surface area contributed by atoms with Crippen LogP contribution in [-0.4, -0.2) is 26.5 Å². The number of nitrogens with zero attached hydrogens (tertiary/aromatic N) is 2. The summed E-state index contributed by atoms with van der Waals surface area (Å²) in [4.78, 5) is 13.4. The van der Waals surface area contributed by atoms with E-state index in [9.17, 15) is 4.79 Å². The van der Waals surface area contributed by atoms with Crippen LogP contribution in [0.2, 0.25) is 0 Å². The molecular weight excluding hydrogens is 294 g/mol. The molecular formula is C13H16BrN3O. The zero-order chi connectivity index (χ0) is 13.7.